The SMILES string of the molecule is NC(=O)Nc1cccc(NC(=O)Nc2ncccc2OCc2ccccc2)c1. The number of primary amides is 1. The maximum Gasteiger partial charge on any atom is 0.324 e. The van der Waals surface area contributed by atoms with Gasteiger partial charge in [0.2, 0.25) is 0 Å². The van der Waals surface area contributed by atoms with Crippen molar-refractivity contribution in [3.8, 4) is 5.75 Å². The van der Waals surface area contributed by atoms with Crippen LogP contribution in [0.4, 0.5) is 26.8 Å². The van der Waals surface area contributed by atoms with E-state index < -0.39 is 12.1 Å². The van der Waals surface area contributed by atoms with E-state index in [0.29, 0.717) is 29.5 Å². The normalized spacial score (nSPS) is 10.0. The first-order chi connectivity index (χ1) is 13.6. The van der Waals surface area contributed by atoms with Gasteiger partial charge in [-0.15, -0.1) is 0 Å². The van der Waals surface area contributed by atoms with E-state index in [2.05, 4.69) is 20.9 Å². The number of aromatic nitrogens is 1. The summed E-state index contributed by atoms with van der Waals surface area (Å²) in [6.45, 7) is 0.351. The lowest BCUT2D eigenvalue weighted by Gasteiger charge is -2.12. The molecular weight excluding hydrogens is 358 g/mol. The van der Waals surface area contributed by atoms with E-state index in [1.165, 1.54) is 0 Å². The summed E-state index contributed by atoms with van der Waals surface area (Å²) in [7, 11) is 0. The smallest absolute Gasteiger partial charge is 0.324 e. The van der Waals surface area contributed by atoms with Gasteiger partial charge in [0, 0.05) is 17.6 Å². The minimum absolute atomic E-state index is 0.294. The van der Waals surface area contributed by atoms with Gasteiger partial charge >= 0.3 is 12.1 Å². The number of anilines is 3. The van der Waals surface area contributed by atoms with Crippen molar-refractivity contribution in [1.29, 1.82) is 0 Å². The summed E-state index contributed by atoms with van der Waals surface area (Å²) in [5, 5.41) is 7.77. The van der Waals surface area contributed by atoms with E-state index >= 15 is 0 Å². The highest BCUT2D eigenvalue weighted by molar-refractivity contribution is 6.00. The van der Waals surface area contributed by atoms with Gasteiger partial charge in [0.15, 0.2) is 11.6 Å². The average molecular weight is 377 g/mol. The third kappa shape index (κ3) is 5.46. The third-order valence-corrected chi connectivity index (χ3v) is 3.63. The van der Waals surface area contributed by atoms with E-state index in [-0.39, 0.29) is 0 Å². The number of nitrogens with one attached hydrogen (secondary N) is 3. The number of urea groups is 2. The molecule has 3 rings (SSSR count). The monoisotopic (exact) mass is 377 g/mol. The number of hydrogen-bond acceptors (Lipinski definition) is 4. The van der Waals surface area contributed by atoms with Crippen LogP contribution in [-0.4, -0.2) is 17.0 Å². The second kappa shape index (κ2) is 9.04. The number of nitrogens with two attached hydrogens (primary N) is 1. The zero-order valence-corrected chi connectivity index (χ0v) is 14.9. The molecule has 0 fully saturated rings. The van der Waals surface area contributed by atoms with Crippen molar-refractivity contribution in [3.63, 3.8) is 0 Å². The highest BCUT2D eigenvalue weighted by Gasteiger charge is 2.10. The number of pyridine rings is 1. The fraction of sp³-hybridized carbons (Fsp3) is 0.0500. The molecule has 0 spiro atoms. The topological polar surface area (TPSA) is 118 Å². The predicted molar refractivity (Wildman–Crippen MR) is 107 cm³/mol. The summed E-state index contributed by atoms with van der Waals surface area (Å²) in [5.74, 6) is 0.744. The fourth-order valence-corrected chi connectivity index (χ4v) is 2.42. The molecule has 8 nitrogen and oxygen atoms in total. The summed E-state index contributed by atoms with van der Waals surface area (Å²) >= 11 is 0. The van der Waals surface area contributed by atoms with E-state index in [0.717, 1.165) is 5.56 Å². The van der Waals surface area contributed by atoms with Crippen molar-refractivity contribution in [2.45, 2.75) is 6.61 Å². The van der Waals surface area contributed by atoms with Crippen LogP contribution in [0, 0.1) is 0 Å². The minimum atomic E-state index is -0.685. The third-order valence-electron chi connectivity index (χ3n) is 3.63. The Morgan fingerprint density at radius 3 is 2.39 bits per heavy atom. The van der Waals surface area contributed by atoms with Crippen LogP contribution in [0.5, 0.6) is 5.75 Å². The van der Waals surface area contributed by atoms with Crippen LogP contribution in [0.25, 0.3) is 0 Å². The quantitative estimate of drug-likeness (QED) is 0.522. The molecular formula is C20H19N5O3. The Balaban J connectivity index is 1.63. The van der Waals surface area contributed by atoms with E-state index in [9.17, 15) is 9.59 Å². The summed E-state index contributed by atoms with van der Waals surface area (Å²) in [5.41, 5.74) is 7.04. The van der Waals surface area contributed by atoms with Gasteiger partial charge in [-0.25, -0.2) is 14.6 Å². The van der Waals surface area contributed by atoms with Crippen LogP contribution in [0.15, 0.2) is 72.9 Å². The molecule has 4 amide bonds. The number of amides is 4. The summed E-state index contributed by atoms with van der Waals surface area (Å²) in [6.07, 6.45) is 1.56. The molecule has 142 valence electrons. The molecule has 0 radical (unpaired) electrons. The Bertz CT molecular complexity index is 963. The predicted octanol–water partition coefficient (Wildman–Crippen LogP) is 3.80. The molecule has 0 saturated heterocycles. The first-order valence-corrected chi connectivity index (χ1v) is 8.46. The maximum atomic E-state index is 12.3. The van der Waals surface area contributed by atoms with E-state index in [4.69, 9.17) is 10.5 Å². The fourth-order valence-electron chi connectivity index (χ4n) is 2.42. The zero-order chi connectivity index (χ0) is 19.8. The number of ether oxygens (including phenoxy) is 1. The molecule has 5 N–H and O–H groups in total. The van der Waals surface area contributed by atoms with Crippen LogP contribution < -0.4 is 26.4 Å². The maximum absolute atomic E-state index is 12.3. The van der Waals surface area contributed by atoms with Crippen molar-refractivity contribution in [2.24, 2.45) is 5.73 Å². The van der Waals surface area contributed by atoms with Gasteiger partial charge in [-0.05, 0) is 35.9 Å². The molecule has 0 aliphatic rings. The van der Waals surface area contributed by atoms with Crippen molar-refractivity contribution < 1.29 is 14.3 Å². The van der Waals surface area contributed by atoms with Gasteiger partial charge < -0.3 is 21.1 Å². The lowest BCUT2D eigenvalue weighted by atomic mass is 10.2. The van der Waals surface area contributed by atoms with Gasteiger partial charge in [0.25, 0.3) is 0 Å². The highest BCUT2D eigenvalue weighted by atomic mass is 16.5. The van der Waals surface area contributed by atoms with Gasteiger partial charge in [-0.1, -0.05) is 36.4 Å². The average Bonchev–Trinajstić information content (AvgIpc) is 2.68. The number of carbonyl (C=O) groups excluding carboxylic acids is 2. The molecule has 0 unspecified atom stereocenters. The molecule has 0 bridgehead atoms. The number of benzene rings is 2. The van der Waals surface area contributed by atoms with E-state index in [1.54, 1.807) is 42.6 Å². The van der Waals surface area contributed by atoms with Gasteiger partial charge in [0.1, 0.15) is 6.61 Å². The van der Waals surface area contributed by atoms with Gasteiger partial charge in [-0.2, -0.15) is 0 Å². The van der Waals surface area contributed by atoms with Crippen LogP contribution >= 0.6 is 0 Å². The standard InChI is InChI=1S/C20H19N5O3/c21-19(26)23-15-8-4-9-16(12-15)24-20(27)25-18-17(10-5-11-22-18)28-13-14-6-2-1-3-7-14/h1-12H,13H2,(H3,21,23,26)(H2,22,24,25,27). The Hall–Kier alpha value is -4.07. The Morgan fingerprint density at radius 2 is 1.64 bits per heavy atom. The van der Waals surface area contributed by atoms with Crippen LogP contribution in [0.1, 0.15) is 5.56 Å². The molecule has 3 aromatic rings. The molecule has 1 aromatic heterocycles. The summed E-state index contributed by atoms with van der Waals surface area (Å²) in [6, 6.07) is 18.5. The highest BCUT2D eigenvalue weighted by Crippen LogP contribution is 2.22. The van der Waals surface area contributed by atoms with Crippen molar-refractivity contribution in [1.82, 2.24) is 4.98 Å². The molecule has 1 heterocycles. The van der Waals surface area contributed by atoms with Gasteiger partial charge in [0.05, 0.1) is 0 Å². The molecule has 0 saturated carbocycles. The molecule has 0 aliphatic heterocycles. The van der Waals surface area contributed by atoms with Crippen LogP contribution in [0.3, 0.4) is 0 Å². The van der Waals surface area contributed by atoms with Crippen molar-refractivity contribution >= 4 is 29.3 Å². The number of rotatable bonds is 6. The second-order valence-electron chi connectivity index (χ2n) is 5.77. The van der Waals surface area contributed by atoms with Crippen molar-refractivity contribution in [2.75, 3.05) is 16.0 Å². The molecule has 0 aliphatic carbocycles. The Labute approximate surface area is 161 Å². The lowest BCUT2D eigenvalue weighted by Crippen LogP contribution is -2.21. The zero-order valence-electron chi connectivity index (χ0n) is 14.9. The second-order valence-corrected chi connectivity index (χ2v) is 5.77. The summed E-state index contributed by atoms with van der Waals surface area (Å²) in [4.78, 5) is 27.4. The first kappa shape index (κ1) is 18.7. The summed E-state index contributed by atoms with van der Waals surface area (Å²) < 4.78 is 5.77. The lowest BCUT2D eigenvalue weighted by molar-refractivity contribution is 0.259. The van der Waals surface area contributed by atoms with Crippen LogP contribution in [-0.2, 0) is 6.61 Å². The number of carbonyl (C=O) groups is 2. The Kier molecular flexibility index (Phi) is 6.04. The molecule has 28 heavy (non-hydrogen) atoms. The first-order valence-electron chi connectivity index (χ1n) is 8.46. The van der Waals surface area contributed by atoms with E-state index in [1.807, 2.05) is 30.3 Å². The number of hydrogen-bond donors (Lipinski definition) is 4. The van der Waals surface area contributed by atoms with Gasteiger partial charge in [-0.3, -0.25) is 5.32 Å². The molecule has 2 aromatic carbocycles. The molecule has 0 atom stereocenters. The Morgan fingerprint density at radius 1 is 0.893 bits per heavy atom. The minimum Gasteiger partial charge on any atom is -0.485 e. The molecule has 8 heteroatoms. The van der Waals surface area contributed by atoms with Crippen LogP contribution in [0.2, 0.25) is 0 Å². The number of nitrogens with zero attached hydrogens (tertiary/aromatic N) is 1. The van der Waals surface area contributed by atoms with Crippen molar-refractivity contribution in [3.05, 3.63) is 78.5 Å². The largest absolute Gasteiger partial charge is 0.485 e.